The highest BCUT2D eigenvalue weighted by atomic mass is 16.2. The number of aliphatic hydroxyl groups is 1. The van der Waals surface area contributed by atoms with Crippen LogP contribution >= 0.6 is 0 Å². The second-order valence-corrected chi connectivity index (χ2v) is 2.01. The normalized spacial score (nSPS) is 24.3. The Hall–Kier alpha value is -0.570. The molecule has 1 amide bonds. The molecule has 0 saturated carbocycles. The lowest BCUT2D eigenvalue weighted by Crippen LogP contribution is -2.21. The molecule has 1 heterocycles. The summed E-state index contributed by atoms with van der Waals surface area (Å²) in [5.74, 6) is 0.201. The first-order valence-electron chi connectivity index (χ1n) is 3.03. The summed E-state index contributed by atoms with van der Waals surface area (Å²) in [7, 11) is 1.00. The maximum atomic E-state index is 10.3. The van der Waals surface area contributed by atoms with Gasteiger partial charge in [-0.3, -0.25) is 4.79 Å². The van der Waals surface area contributed by atoms with Gasteiger partial charge in [-0.1, -0.05) is 0 Å². The van der Waals surface area contributed by atoms with Gasteiger partial charge in [0.05, 0.1) is 0 Å². The fourth-order valence-electron chi connectivity index (χ4n) is 0.767. The molecule has 2 N–H and O–H groups in total. The van der Waals surface area contributed by atoms with E-state index < -0.39 is 0 Å². The van der Waals surface area contributed by atoms with Crippen molar-refractivity contribution in [2.24, 2.45) is 0 Å². The average molecular weight is 131 g/mol. The molecule has 1 aliphatic heterocycles. The number of aliphatic hydroxyl groups excluding tert-OH is 1. The summed E-state index contributed by atoms with van der Waals surface area (Å²) >= 11 is 0. The summed E-state index contributed by atoms with van der Waals surface area (Å²) in [6.07, 6.45) is 1.74. The first-order valence-corrected chi connectivity index (χ1v) is 3.03. The predicted octanol–water partition coefficient (Wildman–Crippen LogP) is -0.107. The number of amides is 1. The van der Waals surface area contributed by atoms with Gasteiger partial charge in [-0.15, -0.1) is 0 Å². The van der Waals surface area contributed by atoms with Crippen LogP contribution in [0.2, 0.25) is 0 Å². The van der Waals surface area contributed by atoms with E-state index in [1.54, 1.807) is 0 Å². The second-order valence-electron chi connectivity index (χ2n) is 2.01. The molecular formula is C6H13NO2. The van der Waals surface area contributed by atoms with Gasteiger partial charge in [0.1, 0.15) is 0 Å². The highest BCUT2D eigenvalue weighted by Gasteiger charge is 2.14. The Kier molecular flexibility index (Phi) is 4.05. The molecule has 0 bridgehead atoms. The third kappa shape index (κ3) is 3.08. The number of hydrogen-bond donors (Lipinski definition) is 2. The Morgan fingerprint density at radius 1 is 1.67 bits per heavy atom. The summed E-state index contributed by atoms with van der Waals surface area (Å²) in [5, 5.41) is 9.78. The van der Waals surface area contributed by atoms with Crippen molar-refractivity contribution in [1.82, 2.24) is 5.32 Å². The monoisotopic (exact) mass is 131 g/mol. The summed E-state index contributed by atoms with van der Waals surface area (Å²) in [6, 6.07) is 0.424. The zero-order valence-corrected chi connectivity index (χ0v) is 5.85. The van der Waals surface area contributed by atoms with Crippen LogP contribution in [0.1, 0.15) is 19.8 Å². The van der Waals surface area contributed by atoms with Crippen LogP contribution in [0.3, 0.4) is 0 Å². The minimum Gasteiger partial charge on any atom is -0.400 e. The van der Waals surface area contributed by atoms with Crippen molar-refractivity contribution in [3.05, 3.63) is 0 Å². The Morgan fingerprint density at radius 3 is 2.33 bits per heavy atom. The predicted molar refractivity (Wildman–Crippen MR) is 35.0 cm³/mol. The van der Waals surface area contributed by atoms with E-state index in [0.717, 1.165) is 20.0 Å². The molecule has 1 saturated heterocycles. The van der Waals surface area contributed by atoms with E-state index in [1.807, 2.05) is 6.92 Å². The minimum absolute atomic E-state index is 0.201. The lowest BCUT2D eigenvalue weighted by molar-refractivity contribution is -0.119. The highest BCUT2D eigenvalue weighted by Crippen LogP contribution is 2.03. The minimum atomic E-state index is 0.201. The molecule has 54 valence electrons. The van der Waals surface area contributed by atoms with Gasteiger partial charge in [-0.25, -0.2) is 0 Å². The quantitative estimate of drug-likeness (QED) is 0.482. The number of rotatable bonds is 0. The number of carbonyl (C=O) groups excluding carboxylic acids is 1. The van der Waals surface area contributed by atoms with Crippen LogP contribution in [0.5, 0.6) is 0 Å². The summed E-state index contributed by atoms with van der Waals surface area (Å²) in [5.41, 5.74) is 0. The van der Waals surface area contributed by atoms with Gasteiger partial charge >= 0.3 is 0 Å². The summed E-state index contributed by atoms with van der Waals surface area (Å²) < 4.78 is 0. The molecule has 3 heteroatoms. The molecule has 0 aliphatic carbocycles. The van der Waals surface area contributed by atoms with Gasteiger partial charge in [0.25, 0.3) is 0 Å². The van der Waals surface area contributed by atoms with Gasteiger partial charge in [0.15, 0.2) is 0 Å². The molecule has 0 aromatic rings. The lowest BCUT2D eigenvalue weighted by Gasteiger charge is -1.95. The molecule has 1 unspecified atom stereocenters. The van der Waals surface area contributed by atoms with Crippen molar-refractivity contribution >= 4 is 5.91 Å². The van der Waals surface area contributed by atoms with Gasteiger partial charge in [-0.2, -0.15) is 0 Å². The summed E-state index contributed by atoms with van der Waals surface area (Å²) in [4.78, 5) is 10.3. The molecule has 0 aromatic carbocycles. The zero-order valence-electron chi connectivity index (χ0n) is 5.85. The Morgan fingerprint density at radius 2 is 2.22 bits per heavy atom. The third-order valence-corrected chi connectivity index (χ3v) is 1.21. The Balaban J connectivity index is 0.000000291. The van der Waals surface area contributed by atoms with E-state index in [2.05, 4.69) is 5.32 Å². The van der Waals surface area contributed by atoms with Crippen LogP contribution in [-0.4, -0.2) is 24.2 Å². The van der Waals surface area contributed by atoms with E-state index in [4.69, 9.17) is 5.11 Å². The zero-order chi connectivity index (χ0) is 7.28. The second kappa shape index (κ2) is 4.32. The number of hydrogen-bond acceptors (Lipinski definition) is 2. The molecule has 1 rings (SSSR count). The Bertz CT molecular complexity index is 93.1. The van der Waals surface area contributed by atoms with Gasteiger partial charge in [0, 0.05) is 19.6 Å². The largest absolute Gasteiger partial charge is 0.400 e. The number of carbonyl (C=O) groups is 1. The fourth-order valence-corrected chi connectivity index (χ4v) is 0.767. The first-order chi connectivity index (χ1) is 4.29. The van der Waals surface area contributed by atoms with Crippen LogP contribution in [0.25, 0.3) is 0 Å². The molecular weight excluding hydrogens is 118 g/mol. The lowest BCUT2D eigenvalue weighted by atomic mass is 10.3. The third-order valence-electron chi connectivity index (χ3n) is 1.21. The SMILES string of the molecule is CC1CCC(=O)N1.CO. The summed E-state index contributed by atoms with van der Waals surface area (Å²) in [6.45, 7) is 2.02. The van der Waals surface area contributed by atoms with Crippen LogP contribution in [-0.2, 0) is 4.79 Å². The molecule has 0 spiro atoms. The van der Waals surface area contributed by atoms with Crippen molar-refractivity contribution in [1.29, 1.82) is 0 Å². The topological polar surface area (TPSA) is 49.3 Å². The molecule has 3 nitrogen and oxygen atoms in total. The smallest absolute Gasteiger partial charge is 0.220 e. The van der Waals surface area contributed by atoms with E-state index in [9.17, 15) is 4.79 Å². The fraction of sp³-hybridized carbons (Fsp3) is 0.833. The molecule has 1 aliphatic rings. The van der Waals surface area contributed by atoms with Crippen molar-refractivity contribution in [3.63, 3.8) is 0 Å². The molecule has 1 atom stereocenters. The van der Waals surface area contributed by atoms with Crippen LogP contribution in [0.4, 0.5) is 0 Å². The van der Waals surface area contributed by atoms with Crippen LogP contribution < -0.4 is 5.32 Å². The van der Waals surface area contributed by atoms with Crippen molar-refractivity contribution in [2.45, 2.75) is 25.8 Å². The Labute approximate surface area is 55.1 Å². The molecule has 9 heavy (non-hydrogen) atoms. The van der Waals surface area contributed by atoms with E-state index in [0.29, 0.717) is 6.04 Å². The van der Waals surface area contributed by atoms with E-state index >= 15 is 0 Å². The van der Waals surface area contributed by atoms with E-state index in [1.165, 1.54) is 0 Å². The van der Waals surface area contributed by atoms with Gasteiger partial charge in [0.2, 0.25) is 5.91 Å². The number of nitrogens with one attached hydrogen (secondary N) is 1. The van der Waals surface area contributed by atoms with Crippen LogP contribution in [0.15, 0.2) is 0 Å². The first kappa shape index (κ1) is 8.43. The maximum Gasteiger partial charge on any atom is 0.220 e. The average Bonchev–Trinajstić information content (AvgIpc) is 2.20. The van der Waals surface area contributed by atoms with Gasteiger partial charge < -0.3 is 10.4 Å². The van der Waals surface area contributed by atoms with Crippen molar-refractivity contribution in [3.8, 4) is 0 Å². The van der Waals surface area contributed by atoms with Gasteiger partial charge in [-0.05, 0) is 13.3 Å². The molecule has 0 radical (unpaired) electrons. The van der Waals surface area contributed by atoms with Crippen molar-refractivity contribution in [2.75, 3.05) is 7.11 Å². The highest BCUT2D eigenvalue weighted by molar-refractivity contribution is 5.78. The van der Waals surface area contributed by atoms with E-state index in [-0.39, 0.29) is 5.91 Å². The maximum absolute atomic E-state index is 10.3. The van der Waals surface area contributed by atoms with Crippen molar-refractivity contribution < 1.29 is 9.90 Å². The van der Waals surface area contributed by atoms with Crippen LogP contribution in [0, 0.1) is 0 Å². The standard InChI is InChI=1S/C5H9NO.CH4O/c1-4-2-3-5(7)6-4;1-2/h4H,2-3H2,1H3,(H,6,7);2H,1H3. The molecule has 1 fully saturated rings. The molecule has 0 aromatic heterocycles.